The Morgan fingerprint density at radius 1 is 1.67 bits per heavy atom. The van der Waals surface area contributed by atoms with Crippen molar-refractivity contribution in [3.05, 3.63) is 0 Å². The van der Waals surface area contributed by atoms with Crippen molar-refractivity contribution in [3.63, 3.8) is 0 Å². The fourth-order valence-electron chi connectivity index (χ4n) is 0.0333. The van der Waals surface area contributed by atoms with Crippen molar-refractivity contribution in [2.24, 2.45) is 0 Å². The van der Waals surface area contributed by atoms with Crippen LogP contribution in [0.25, 0.3) is 0 Å². The summed E-state index contributed by atoms with van der Waals surface area (Å²) < 4.78 is 19.1. The second kappa shape index (κ2) is 3.08. The molecule has 0 aromatic heterocycles. The monoisotopic (exact) mass is 96.1 g/mol. The van der Waals surface area contributed by atoms with Crippen LogP contribution in [-0.4, -0.2) is 34.6 Å². The van der Waals surface area contributed by atoms with Crippen LogP contribution in [0.4, 0.5) is 0 Å². The van der Waals surface area contributed by atoms with E-state index in [9.17, 15) is 0 Å². The zero-order valence-electron chi connectivity index (χ0n) is 6.00. The molecule has 0 aliphatic heterocycles. The van der Waals surface area contributed by atoms with Gasteiger partial charge in [-0.15, -0.1) is 0 Å². The Morgan fingerprint density at radius 3 is 2.17 bits per heavy atom. The third-order valence-electron chi connectivity index (χ3n) is 0.273. The first kappa shape index (κ1) is 2.26. The van der Waals surface area contributed by atoms with Crippen LogP contribution in [0, 0.1) is 0 Å². The van der Waals surface area contributed by atoms with Crippen LogP contribution in [0.5, 0.6) is 0 Å². The number of hydrogen-bond acceptors (Lipinski definition) is 3. The number of hydrogen-bond donors (Lipinski definition) is 3. The van der Waals surface area contributed by atoms with Gasteiger partial charge in [-0.1, -0.05) is 0 Å². The van der Waals surface area contributed by atoms with E-state index in [-0.39, 0.29) is 0 Å². The molecule has 0 saturated carbocycles. The lowest BCUT2D eigenvalue weighted by atomic mass is 10.6. The highest BCUT2D eigenvalue weighted by atomic mass is 16.4. The van der Waals surface area contributed by atoms with Crippen molar-refractivity contribution in [1.82, 2.24) is 0 Å². The van der Waals surface area contributed by atoms with Crippen molar-refractivity contribution >= 4 is 0 Å². The van der Waals surface area contributed by atoms with Crippen LogP contribution < -0.4 is 0 Å². The van der Waals surface area contributed by atoms with E-state index in [2.05, 4.69) is 0 Å². The second-order valence-electron chi connectivity index (χ2n) is 0.723. The van der Waals surface area contributed by atoms with Crippen LogP contribution in [0.1, 0.15) is 4.11 Å². The Labute approximate surface area is 40.1 Å². The number of rotatable bonds is 2. The van der Waals surface area contributed by atoms with E-state index in [1.54, 1.807) is 0 Å². The zero-order chi connectivity index (χ0) is 7.65. The van der Waals surface area contributed by atoms with Gasteiger partial charge in [0.2, 0.25) is 0 Å². The predicted octanol–water partition coefficient (Wildman–Crippen LogP) is -1.67. The van der Waals surface area contributed by atoms with E-state index >= 15 is 0 Å². The van der Waals surface area contributed by atoms with E-state index in [0.717, 1.165) is 0 Å². The molecule has 0 heterocycles. The summed E-state index contributed by atoms with van der Waals surface area (Å²) in [6.07, 6.45) is -2.07. The lowest BCUT2D eigenvalue weighted by Crippen LogP contribution is -2.15. The standard InChI is InChI=1S/C3H8O3/c4-1-3(6)2-5/h3-6H,1-2H2/i1D2,2+1D/t2-,3-/m0/s1. The van der Waals surface area contributed by atoms with Crippen LogP contribution in [0.3, 0.4) is 0 Å². The van der Waals surface area contributed by atoms with E-state index in [0.29, 0.717) is 0 Å². The first-order chi connectivity index (χ1) is 3.85. The van der Waals surface area contributed by atoms with E-state index in [1.807, 2.05) is 0 Å². The third kappa shape index (κ3) is 2.14. The summed E-state index contributed by atoms with van der Waals surface area (Å²) in [5.41, 5.74) is 0. The van der Waals surface area contributed by atoms with Gasteiger partial charge in [-0.05, 0) is 0 Å². The Kier molecular flexibility index (Phi) is 1.16. The smallest absolute Gasteiger partial charge is 0.100 e. The molecular weight excluding hydrogens is 85.0 g/mol. The summed E-state index contributed by atoms with van der Waals surface area (Å²) in [5.74, 6) is 0. The van der Waals surface area contributed by atoms with Gasteiger partial charge in [0.05, 0.1) is 17.3 Å². The van der Waals surface area contributed by atoms with Gasteiger partial charge in [-0.25, -0.2) is 0 Å². The normalized spacial score (nSPS) is 29.5. The Bertz CT molecular complexity index is 88.8. The van der Waals surface area contributed by atoms with Gasteiger partial charge in [-0.2, -0.15) is 0 Å². The minimum Gasteiger partial charge on any atom is -0.394 e. The van der Waals surface area contributed by atoms with Gasteiger partial charge in [0.25, 0.3) is 0 Å². The van der Waals surface area contributed by atoms with Gasteiger partial charge >= 0.3 is 0 Å². The largest absolute Gasteiger partial charge is 0.394 e. The maximum absolute atomic E-state index is 8.40. The predicted molar refractivity (Wildman–Crippen MR) is 20.2 cm³/mol. The fourth-order valence-corrected chi connectivity index (χ4v) is 0.0333. The van der Waals surface area contributed by atoms with Crippen LogP contribution in [0.15, 0.2) is 0 Å². The molecule has 0 radical (unpaired) electrons. The summed E-state index contributed by atoms with van der Waals surface area (Å²) in [4.78, 5) is 0. The molecule has 0 aliphatic carbocycles. The lowest BCUT2D eigenvalue weighted by Gasteiger charge is -1.96. The molecule has 3 nitrogen and oxygen atoms in total. The molecule has 0 fully saturated rings. The molecule has 6 heavy (non-hydrogen) atoms. The number of aliphatic hydroxyl groups is 3. The summed E-state index contributed by atoms with van der Waals surface area (Å²) in [6.45, 7) is -4.91. The molecular formula is C3H8O3. The molecule has 0 bridgehead atoms. The molecule has 3 heteroatoms. The van der Waals surface area contributed by atoms with Crippen molar-refractivity contribution in [2.75, 3.05) is 13.1 Å². The van der Waals surface area contributed by atoms with Crippen LogP contribution in [-0.2, 0) is 0 Å². The molecule has 3 N–H and O–H groups in total. The molecule has 0 aromatic rings. The molecule has 0 saturated heterocycles. The highest BCUT2D eigenvalue weighted by Gasteiger charge is 1.93. The Morgan fingerprint density at radius 2 is 2.17 bits per heavy atom. The fraction of sp³-hybridized carbons (Fsp3) is 1.00. The highest BCUT2D eigenvalue weighted by molar-refractivity contribution is 4.43. The van der Waals surface area contributed by atoms with E-state index in [1.165, 1.54) is 0 Å². The van der Waals surface area contributed by atoms with Gasteiger partial charge < -0.3 is 15.3 Å². The Balaban J connectivity index is 3.88. The average Bonchev–Trinajstić information content (AvgIpc) is 1.62. The highest BCUT2D eigenvalue weighted by Crippen LogP contribution is 1.71. The van der Waals surface area contributed by atoms with Gasteiger partial charge in [-0.3, -0.25) is 0 Å². The summed E-state index contributed by atoms with van der Waals surface area (Å²) in [7, 11) is 0. The van der Waals surface area contributed by atoms with Crippen LogP contribution >= 0.6 is 0 Å². The third-order valence-corrected chi connectivity index (χ3v) is 0.273. The van der Waals surface area contributed by atoms with Gasteiger partial charge in [0.1, 0.15) is 6.10 Å². The topological polar surface area (TPSA) is 60.7 Å². The zero-order valence-corrected chi connectivity index (χ0v) is 3.00. The maximum Gasteiger partial charge on any atom is 0.100 e. The minimum atomic E-state index is -2.90. The van der Waals surface area contributed by atoms with Crippen molar-refractivity contribution in [3.8, 4) is 0 Å². The lowest BCUT2D eigenvalue weighted by molar-refractivity contribution is 0.0450. The van der Waals surface area contributed by atoms with Crippen molar-refractivity contribution < 1.29 is 19.4 Å². The summed E-state index contributed by atoms with van der Waals surface area (Å²) >= 11 is 0. The molecule has 0 rings (SSSR count). The molecule has 0 aromatic carbocycles. The quantitative estimate of drug-likeness (QED) is 0.360. The van der Waals surface area contributed by atoms with E-state index in [4.69, 9.17) is 19.4 Å². The molecule has 0 spiro atoms. The van der Waals surface area contributed by atoms with Gasteiger partial charge in [0.15, 0.2) is 0 Å². The Hall–Kier alpha value is -0.120. The molecule has 0 aliphatic rings. The van der Waals surface area contributed by atoms with Crippen molar-refractivity contribution in [2.45, 2.75) is 6.10 Å². The van der Waals surface area contributed by atoms with Crippen molar-refractivity contribution in [1.29, 1.82) is 0 Å². The van der Waals surface area contributed by atoms with Gasteiger partial charge in [0, 0.05) is 0 Å². The molecule has 0 amide bonds. The second-order valence-corrected chi connectivity index (χ2v) is 0.723. The first-order valence-electron chi connectivity index (χ1n) is 2.94. The van der Waals surface area contributed by atoms with E-state index < -0.39 is 19.2 Å². The molecule has 0 unspecified atom stereocenters. The summed E-state index contributed by atoms with van der Waals surface area (Å²) in [6, 6.07) is 0. The SMILES string of the molecule is [2H][13C@H](O)[C@@H](O)C([2H])([2H])O. The molecule has 38 valence electrons. The minimum absolute atomic E-state index is 2.01. The van der Waals surface area contributed by atoms with Crippen LogP contribution in [0.2, 0.25) is 0 Å². The summed E-state index contributed by atoms with van der Waals surface area (Å²) in [5, 5.41) is 24.8. The number of aliphatic hydroxyl groups excluding tert-OH is 2. The first-order valence-corrected chi connectivity index (χ1v) is 1.36. The molecule has 2 atom stereocenters. The average molecular weight is 96.1 g/mol. The maximum atomic E-state index is 8.40.